The Morgan fingerprint density at radius 2 is 2.03 bits per heavy atom. The number of amides is 1. The Labute approximate surface area is 186 Å². The summed E-state index contributed by atoms with van der Waals surface area (Å²) in [5.74, 6) is 1.66. The minimum Gasteiger partial charge on any atom is -0.352 e. The van der Waals surface area contributed by atoms with Gasteiger partial charge in [0.15, 0.2) is 5.16 Å². The average Bonchev–Trinajstić information content (AvgIpc) is 3.17. The summed E-state index contributed by atoms with van der Waals surface area (Å²) in [6.45, 7) is 9.01. The van der Waals surface area contributed by atoms with Crippen molar-refractivity contribution in [2.75, 3.05) is 0 Å². The van der Waals surface area contributed by atoms with Crippen LogP contribution in [0.4, 0.5) is 0 Å². The van der Waals surface area contributed by atoms with E-state index in [1.807, 2.05) is 42.5 Å². The monoisotopic (exact) mass is 441 g/mol. The maximum atomic E-state index is 13.0. The van der Waals surface area contributed by atoms with Crippen LogP contribution in [0.2, 0.25) is 0 Å². The molecule has 4 rings (SSSR count). The maximum absolute atomic E-state index is 13.0. The first-order valence-electron chi connectivity index (χ1n) is 11.3. The van der Waals surface area contributed by atoms with Gasteiger partial charge < -0.3 is 5.32 Å². The van der Waals surface area contributed by atoms with Crippen LogP contribution in [0, 0.1) is 11.8 Å². The van der Waals surface area contributed by atoms with E-state index in [2.05, 4.69) is 29.4 Å². The molecule has 1 aliphatic rings. The average molecular weight is 442 g/mol. The quantitative estimate of drug-likeness (QED) is 0.587. The highest BCUT2D eigenvalue weighted by atomic mass is 32.2. The van der Waals surface area contributed by atoms with Gasteiger partial charge in [0.25, 0.3) is 5.56 Å². The highest BCUT2D eigenvalue weighted by Gasteiger charge is 2.30. The van der Waals surface area contributed by atoms with Crippen LogP contribution >= 0.6 is 11.8 Å². The fourth-order valence-corrected chi connectivity index (χ4v) is 5.40. The molecule has 166 valence electrons. The van der Waals surface area contributed by atoms with Crippen molar-refractivity contribution in [3.05, 3.63) is 34.6 Å². The van der Waals surface area contributed by atoms with Crippen LogP contribution < -0.4 is 10.9 Å². The van der Waals surface area contributed by atoms with E-state index in [-0.39, 0.29) is 22.8 Å². The summed E-state index contributed by atoms with van der Waals surface area (Å²) in [5, 5.41) is 12.9. The summed E-state index contributed by atoms with van der Waals surface area (Å²) < 4.78 is 3.58. The molecule has 0 spiro atoms. The number of aromatic nitrogens is 4. The third kappa shape index (κ3) is 4.10. The van der Waals surface area contributed by atoms with Gasteiger partial charge in [0, 0.05) is 12.6 Å². The topological polar surface area (TPSA) is 81.3 Å². The molecule has 1 aromatic carbocycles. The number of thioether (sulfide) groups is 1. The number of hydrogen-bond donors (Lipinski definition) is 1. The number of para-hydroxylation sites is 1. The second kappa shape index (κ2) is 9.02. The molecule has 2 heterocycles. The Kier molecular flexibility index (Phi) is 6.36. The van der Waals surface area contributed by atoms with Gasteiger partial charge in [-0.3, -0.25) is 18.6 Å². The van der Waals surface area contributed by atoms with Crippen LogP contribution in [0.1, 0.15) is 53.4 Å². The first kappa shape index (κ1) is 21.9. The summed E-state index contributed by atoms with van der Waals surface area (Å²) in [7, 11) is 0. The zero-order chi connectivity index (χ0) is 22.1. The zero-order valence-electron chi connectivity index (χ0n) is 18.7. The van der Waals surface area contributed by atoms with Gasteiger partial charge in [-0.2, -0.15) is 0 Å². The molecule has 0 saturated heterocycles. The van der Waals surface area contributed by atoms with E-state index in [1.54, 1.807) is 4.57 Å². The number of fused-ring (bicyclic) bond motifs is 3. The van der Waals surface area contributed by atoms with E-state index in [1.165, 1.54) is 18.2 Å². The molecule has 2 aromatic heterocycles. The summed E-state index contributed by atoms with van der Waals surface area (Å²) in [4.78, 5) is 25.9. The van der Waals surface area contributed by atoms with Crippen molar-refractivity contribution in [3.8, 4) is 0 Å². The second-order valence-corrected chi connectivity index (χ2v) is 10.0. The van der Waals surface area contributed by atoms with Crippen molar-refractivity contribution in [1.29, 1.82) is 0 Å². The largest absolute Gasteiger partial charge is 0.352 e. The SMILES string of the molecule is CCCn1c(=O)c2ccccc2n2c(SC(C)C(=O)NC3CCCC(C)C3C)nnc12. The smallest absolute Gasteiger partial charge is 0.262 e. The molecule has 0 aliphatic heterocycles. The van der Waals surface area contributed by atoms with E-state index in [9.17, 15) is 9.59 Å². The van der Waals surface area contributed by atoms with Gasteiger partial charge in [-0.15, -0.1) is 10.2 Å². The fraction of sp³-hybridized carbons (Fsp3) is 0.565. The van der Waals surface area contributed by atoms with Crippen molar-refractivity contribution in [2.45, 2.75) is 76.4 Å². The normalized spacial score (nSPS) is 22.6. The van der Waals surface area contributed by atoms with Gasteiger partial charge in [0.2, 0.25) is 11.7 Å². The first-order valence-corrected chi connectivity index (χ1v) is 12.1. The zero-order valence-corrected chi connectivity index (χ0v) is 19.5. The minimum atomic E-state index is -0.317. The van der Waals surface area contributed by atoms with Gasteiger partial charge >= 0.3 is 0 Å². The van der Waals surface area contributed by atoms with Gasteiger partial charge in [-0.05, 0) is 43.7 Å². The summed E-state index contributed by atoms with van der Waals surface area (Å²) in [6, 6.07) is 7.74. The fourth-order valence-electron chi connectivity index (χ4n) is 4.53. The molecular formula is C23H31N5O2S. The standard InChI is InChI=1S/C23H31N5O2S/c1-5-13-27-21(30)17-10-6-7-12-19(17)28-22(27)25-26-23(28)31-16(4)20(29)24-18-11-8-9-14(2)15(18)3/h6-7,10,12,14-16,18H,5,8-9,11,13H2,1-4H3,(H,24,29). The lowest BCUT2D eigenvalue weighted by atomic mass is 9.78. The van der Waals surface area contributed by atoms with Gasteiger partial charge in [-0.25, -0.2) is 0 Å². The lowest BCUT2D eigenvalue weighted by Gasteiger charge is -2.35. The Hall–Kier alpha value is -2.35. The van der Waals surface area contributed by atoms with Crippen LogP contribution in [-0.2, 0) is 11.3 Å². The molecule has 4 atom stereocenters. The molecule has 0 radical (unpaired) electrons. The lowest BCUT2D eigenvalue weighted by molar-refractivity contribution is -0.121. The predicted octanol–water partition coefficient (Wildman–Crippen LogP) is 3.88. The van der Waals surface area contributed by atoms with E-state index in [4.69, 9.17) is 0 Å². The van der Waals surface area contributed by atoms with Crippen molar-refractivity contribution in [1.82, 2.24) is 24.5 Å². The van der Waals surface area contributed by atoms with Crippen LogP contribution in [0.5, 0.6) is 0 Å². The van der Waals surface area contributed by atoms with Crippen molar-refractivity contribution in [2.24, 2.45) is 11.8 Å². The summed E-state index contributed by atoms with van der Waals surface area (Å²) in [6.07, 6.45) is 4.25. The van der Waals surface area contributed by atoms with Gasteiger partial charge in [0.1, 0.15) is 0 Å². The van der Waals surface area contributed by atoms with Crippen LogP contribution in [0.15, 0.2) is 34.2 Å². The van der Waals surface area contributed by atoms with Crippen molar-refractivity contribution >= 4 is 34.3 Å². The Morgan fingerprint density at radius 3 is 2.81 bits per heavy atom. The summed E-state index contributed by atoms with van der Waals surface area (Å²) >= 11 is 1.39. The summed E-state index contributed by atoms with van der Waals surface area (Å²) in [5.41, 5.74) is 0.713. The third-order valence-electron chi connectivity index (χ3n) is 6.61. The molecule has 3 aromatic rings. The van der Waals surface area contributed by atoms with Crippen LogP contribution in [0.3, 0.4) is 0 Å². The Bertz CT molecular complexity index is 1150. The number of nitrogens with zero attached hydrogens (tertiary/aromatic N) is 4. The Balaban J connectivity index is 1.64. The number of rotatable bonds is 6. The van der Waals surface area contributed by atoms with E-state index >= 15 is 0 Å². The number of hydrogen-bond acceptors (Lipinski definition) is 5. The Morgan fingerprint density at radius 1 is 1.26 bits per heavy atom. The number of carbonyl (C=O) groups excluding carboxylic acids is 1. The molecule has 1 N–H and O–H groups in total. The highest BCUT2D eigenvalue weighted by Crippen LogP contribution is 2.30. The molecule has 0 bridgehead atoms. The number of carbonyl (C=O) groups is 1. The van der Waals surface area contributed by atoms with E-state index < -0.39 is 0 Å². The van der Waals surface area contributed by atoms with E-state index in [0.717, 1.165) is 24.8 Å². The molecule has 1 saturated carbocycles. The van der Waals surface area contributed by atoms with Crippen LogP contribution in [0.25, 0.3) is 16.7 Å². The molecule has 8 heteroatoms. The van der Waals surface area contributed by atoms with Gasteiger partial charge in [-0.1, -0.05) is 57.5 Å². The van der Waals surface area contributed by atoms with Gasteiger partial charge in [0.05, 0.1) is 16.2 Å². The first-order chi connectivity index (χ1) is 14.9. The van der Waals surface area contributed by atoms with Crippen molar-refractivity contribution < 1.29 is 4.79 Å². The third-order valence-corrected chi connectivity index (χ3v) is 7.65. The second-order valence-electron chi connectivity index (χ2n) is 8.73. The number of benzene rings is 1. The molecule has 4 unspecified atom stereocenters. The van der Waals surface area contributed by atoms with Crippen LogP contribution in [-0.4, -0.2) is 36.4 Å². The predicted molar refractivity (Wildman–Crippen MR) is 124 cm³/mol. The molecule has 7 nitrogen and oxygen atoms in total. The molecule has 31 heavy (non-hydrogen) atoms. The minimum absolute atomic E-state index is 0.0267. The highest BCUT2D eigenvalue weighted by molar-refractivity contribution is 8.00. The molecule has 1 amide bonds. The number of aryl methyl sites for hydroxylation is 1. The molecule has 1 aliphatic carbocycles. The van der Waals surface area contributed by atoms with E-state index in [0.29, 0.717) is 34.7 Å². The molecule has 1 fully saturated rings. The lowest BCUT2D eigenvalue weighted by Crippen LogP contribution is -2.46. The maximum Gasteiger partial charge on any atom is 0.262 e. The number of nitrogens with one attached hydrogen (secondary N) is 1. The van der Waals surface area contributed by atoms with Crippen molar-refractivity contribution in [3.63, 3.8) is 0 Å². The molecular weight excluding hydrogens is 410 g/mol.